The summed E-state index contributed by atoms with van der Waals surface area (Å²) in [5, 5.41) is 12.3. The number of benzene rings is 1. The first-order chi connectivity index (χ1) is 16.5. The lowest BCUT2D eigenvalue weighted by molar-refractivity contribution is -0.137. The molecule has 10 heteroatoms. The molecule has 35 heavy (non-hydrogen) atoms. The third-order valence-electron chi connectivity index (χ3n) is 6.38. The Hall–Kier alpha value is -3.69. The molecule has 0 saturated heterocycles. The number of nitrogens with zero attached hydrogens (tertiary/aromatic N) is 4. The summed E-state index contributed by atoms with van der Waals surface area (Å²) in [6.45, 7) is 5.95. The summed E-state index contributed by atoms with van der Waals surface area (Å²) < 4.78 is 41.1. The molecule has 1 aromatic carbocycles. The van der Waals surface area contributed by atoms with Crippen LogP contribution < -0.4 is 10.9 Å². The van der Waals surface area contributed by atoms with Crippen LogP contribution in [-0.4, -0.2) is 38.7 Å². The second-order valence-corrected chi connectivity index (χ2v) is 8.75. The van der Waals surface area contributed by atoms with Crippen LogP contribution in [0.5, 0.6) is 0 Å². The molecule has 0 fully saturated rings. The van der Waals surface area contributed by atoms with Gasteiger partial charge in [0.2, 0.25) is 5.91 Å². The fourth-order valence-electron chi connectivity index (χ4n) is 4.39. The van der Waals surface area contributed by atoms with Gasteiger partial charge in [0.05, 0.1) is 22.8 Å². The van der Waals surface area contributed by atoms with Crippen LogP contribution >= 0.6 is 0 Å². The van der Waals surface area contributed by atoms with E-state index in [-0.39, 0.29) is 11.5 Å². The summed E-state index contributed by atoms with van der Waals surface area (Å²) in [5.41, 5.74) is 2.03. The van der Waals surface area contributed by atoms with Gasteiger partial charge in [-0.05, 0) is 49.6 Å². The zero-order valence-corrected chi connectivity index (χ0v) is 19.9. The molecule has 0 saturated carbocycles. The molecule has 1 aliphatic heterocycles. The lowest BCUT2D eigenvalue weighted by Crippen LogP contribution is -2.33. The van der Waals surface area contributed by atoms with Gasteiger partial charge in [-0.3, -0.25) is 9.59 Å². The maximum atomic E-state index is 13.2. The molecule has 7 nitrogen and oxygen atoms in total. The molecule has 4 rings (SSSR count). The smallest absolute Gasteiger partial charge is 0.361 e. The highest BCUT2D eigenvalue weighted by atomic mass is 19.4. The van der Waals surface area contributed by atoms with Gasteiger partial charge in [0.1, 0.15) is 0 Å². The zero-order chi connectivity index (χ0) is 25.5. The largest absolute Gasteiger partial charge is 0.416 e. The number of fused-ring (bicyclic) bond motifs is 1. The van der Waals surface area contributed by atoms with Crippen LogP contribution in [0.15, 0.2) is 41.2 Å². The molecule has 2 aromatic heterocycles. The number of carbonyl (C=O) groups excluding carboxylic acids is 1. The minimum absolute atomic E-state index is 0.0207. The molecule has 3 heterocycles. The number of hydrogen-bond acceptors (Lipinski definition) is 5. The maximum Gasteiger partial charge on any atom is 0.416 e. The molecule has 1 amide bonds. The lowest BCUT2D eigenvalue weighted by atomic mass is 9.98. The average molecular weight is 486 g/mol. The first-order valence-corrected chi connectivity index (χ1v) is 11.2. The number of nitrogens with one attached hydrogen (secondary N) is 1. The Labute approximate surface area is 200 Å². The number of carbonyl (C=O) groups is 1. The van der Waals surface area contributed by atoms with Gasteiger partial charge in [0.15, 0.2) is 5.82 Å². The second-order valence-electron chi connectivity index (χ2n) is 8.75. The summed E-state index contributed by atoms with van der Waals surface area (Å²) in [7, 11) is 1.66. The maximum absolute atomic E-state index is 13.2. The van der Waals surface area contributed by atoms with Gasteiger partial charge in [-0.1, -0.05) is 18.2 Å². The van der Waals surface area contributed by atoms with E-state index in [2.05, 4.69) is 15.5 Å². The van der Waals surface area contributed by atoms with Crippen molar-refractivity contribution < 1.29 is 18.0 Å². The Bertz CT molecular complexity index is 1390. The molecule has 1 aliphatic rings. The van der Waals surface area contributed by atoms with Gasteiger partial charge in [-0.15, -0.1) is 5.10 Å². The van der Waals surface area contributed by atoms with E-state index in [9.17, 15) is 22.8 Å². The number of aryl methyl sites for hydroxylation is 2. The Balaban J connectivity index is 1.76. The van der Waals surface area contributed by atoms with Gasteiger partial charge >= 0.3 is 6.18 Å². The number of pyridine rings is 1. The van der Waals surface area contributed by atoms with Crippen molar-refractivity contribution in [3.63, 3.8) is 0 Å². The Morgan fingerprint density at radius 3 is 2.57 bits per heavy atom. The monoisotopic (exact) mass is 485 g/mol. The average Bonchev–Trinajstić information content (AvgIpc) is 2.82. The molecule has 3 aromatic rings. The standard InChI is InChI=1S/C25H26F3N5O2/c1-14(18-6-5-7-19(12-18)25(26,27)28)29-23-21-13-20(17-8-10-33(11-9-17)16(3)34)24(35)32(4)22(21)15(2)30-31-23/h5-8,12-14H,9-11H2,1-4H3,(H,29,31). The van der Waals surface area contributed by atoms with Crippen LogP contribution in [-0.2, 0) is 18.0 Å². The highest BCUT2D eigenvalue weighted by Gasteiger charge is 2.31. The van der Waals surface area contributed by atoms with E-state index < -0.39 is 17.8 Å². The van der Waals surface area contributed by atoms with E-state index in [1.165, 1.54) is 17.6 Å². The van der Waals surface area contributed by atoms with Crippen molar-refractivity contribution in [2.75, 3.05) is 18.4 Å². The van der Waals surface area contributed by atoms with Crippen molar-refractivity contribution >= 4 is 28.2 Å². The van der Waals surface area contributed by atoms with Crippen molar-refractivity contribution in [2.45, 2.75) is 39.4 Å². The highest BCUT2D eigenvalue weighted by Crippen LogP contribution is 2.33. The number of hydrogen-bond donors (Lipinski definition) is 1. The van der Waals surface area contributed by atoms with E-state index in [1.54, 1.807) is 37.9 Å². The molecule has 0 aliphatic carbocycles. The molecular weight excluding hydrogens is 459 g/mol. The molecule has 1 atom stereocenters. The van der Waals surface area contributed by atoms with Crippen LogP contribution in [0.1, 0.15) is 48.7 Å². The molecule has 1 unspecified atom stereocenters. The fourth-order valence-corrected chi connectivity index (χ4v) is 4.39. The molecule has 184 valence electrons. The molecule has 0 radical (unpaired) electrons. The number of alkyl halides is 3. The Morgan fingerprint density at radius 1 is 1.20 bits per heavy atom. The van der Waals surface area contributed by atoms with E-state index in [4.69, 9.17) is 0 Å². The first-order valence-electron chi connectivity index (χ1n) is 11.2. The van der Waals surface area contributed by atoms with Crippen LogP contribution in [0.3, 0.4) is 0 Å². The number of amides is 1. The van der Waals surface area contributed by atoms with Crippen LogP contribution in [0.4, 0.5) is 19.0 Å². The van der Waals surface area contributed by atoms with Crippen molar-refractivity contribution in [3.05, 3.63) is 69.1 Å². The summed E-state index contributed by atoms with van der Waals surface area (Å²) in [6, 6.07) is 6.38. The van der Waals surface area contributed by atoms with Gasteiger partial charge in [0, 0.05) is 38.0 Å². The molecule has 0 bridgehead atoms. The molecule has 1 N–H and O–H groups in total. The Morgan fingerprint density at radius 2 is 1.94 bits per heavy atom. The second kappa shape index (κ2) is 9.16. The lowest BCUT2D eigenvalue weighted by Gasteiger charge is -2.25. The first kappa shape index (κ1) is 24.4. The third-order valence-corrected chi connectivity index (χ3v) is 6.38. The van der Waals surface area contributed by atoms with Gasteiger partial charge in [-0.2, -0.15) is 18.3 Å². The number of aromatic nitrogens is 3. The van der Waals surface area contributed by atoms with E-state index in [0.29, 0.717) is 53.1 Å². The zero-order valence-electron chi connectivity index (χ0n) is 19.9. The fraction of sp³-hybridized carbons (Fsp3) is 0.360. The minimum atomic E-state index is -4.44. The van der Waals surface area contributed by atoms with Crippen molar-refractivity contribution in [3.8, 4) is 0 Å². The minimum Gasteiger partial charge on any atom is -0.361 e. The predicted molar refractivity (Wildman–Crippen MR) is 128 cm³/mol. The Kier molecular flexibility index (Phi) is 6.40. The van der Waals surface area contributed by atoms with E-state index in [1.807, 2.05) is 6.08 Å². The van der Waals surface area contributed by atoms with Crippen molar-refractivity contribution in [1.29, 1.82) is 0 Å². The summed E-state index contributed by atoms with van der Waals surface area (Å²) >= 11 is 0. The van der Waals surface area contributed by atoms with E-state index in [0.717, 1.165) is 17.7 Å². The summed E-state index contributed by atoms with van der Waals surface area (Å²) in [5.74, 6) is 0.349. The molecular formula is C25H26F3N5O2. The van der Waals surface area contributed by atoms with Crippen molar-refractivity contribution in [2.24, 2.45) is 7.05 Å². The third kappa shape index (κ3) is 4.78. The van der Waals surface area contributed by atoms with Crippen LogP contribution in [0.2, 0.25) is 0 Å². The number of rotatable bonds is 4. The van der Waals surface area contributed by atoms with Crippen LogP contribution in [0, 0.1) is 6.92 Å². The highest BCUT2D eigenvalue weighted by molar-refractivity contribution is 5.93. The predicted octanol–water partition coefficient (Wildman–Crippen LogP) is 4.46. The van der Waals surface area contributed by atoms with E-state index >= 15 is 0 Å². The topological polar surface area (TPSA) is 80.1 Å². The summed E-state index contributed by atoms with van der Waals surface area (Å²) in [6.07, 6.45) is -2.01. The summed E-state index contributed by atoms with van der Waals surface area (Å²) in [4.78, 5) is 26.6. The van der Waals surface area contributed by atoms with Gasteiger partial charge in [0.25, 0.3) is 5.56 Å². The number of halogens is 3. The molecule has 0 spiro atoms. The quantitative estimate of drug-likeness (QED) is 0.590. The normalized spacial score (nSPS) is 15.2. The van der Waals surface area contributed by atoms with Gasteiger partial charge in [-0.25, -0.2) is 0 Å². The van der Waals surface area contributed by atoms with Crippen LogP contribution in [0.25, 0.3) is 16.5 Å². The number of anilines is 1. The SMILES string of the molecule is CC(=O)N1CC=C(c2cc3c(NC(C)c4cccc(C(F)(F)F)c4)nnc(C)c3n(C)c2=O)CC1. The van der Waals surface area contributed by atoms with Gasteiger partial charge < -0.3 is 14.8 Å². The van der Waals surface area contributed by atoms with Crippen molar-refractivity contribution in [1.82, 2.24) is 19.7 Å².